The molecule has 2 aromatic rings. The van der Waals surface area contributed by atoms with Crippen LogP contribution in [0.1, 0.15) is 32.0 Å². The fourth-order valence-corrected chi connectivity index (χ4v) is 3.01. The number of hydrogen-bond donors (Lipinski definition) is 1. The second-order valence-corrected chi connectivity index (χ2v) is 7.29. The topological polar surface area (TPSA) is 50.2 Å². The fraction of sp³-hybridized carbons (Fsp3) is 0.412. The lowest BCUT2D eigenvalue weighted by molar-refractivity contribution is 0.257. The first kappa shape index (κ1) is 15.9. The second kappa shape index (κ2) is 5.57. The summed E-state index contributed by atoms with van der Waals surface area (Å²) in [7, 11) is 0. The third-order valence-electron chi connectivity index (χ3n) is 3.89. The van der Waals surface area contributed by atoms with Gasteiger partial charge in [0.05, 0.1) is 16.9 Å². The highest BCUT2D eigenvalue weighted by Gasteiger charge is 2.27. The molecule has 0 unspecified atom stereocenters. The molecule has 3 rings (SSSR count). The molecule has 1 aromatic carbocycles. The summed E-state index contributed by atoms with van der Waals surface area (Å²) in [5.41, 5.74) is 2.70. The van der Waals surface area contributed by atoms with Gasteiger partial charge in [-0.15, -0.1) is 0 Å². The Labute approximate surface area is 141 Å². The number of hydrogen-bond acceptors (Lipinski definition) is 2. The molecule has 0 saturated carbocycles. The van der Waals surface area contributed by atoms with E-state index in [2.05, 4.69) is 31.2 Å². The normalized spacial score (nSPS) is 14.0. The molecule has 1 aliphatic heterocycles. The molecular formula is C17H21ClN4O. The lowest BCUT2D eigenvalue weighted by Gasteiger charge is -2.24. The number of aryl methyl sites for hydroxylation is 1. The van der Waals surface area contributed by atoms with Gasteiger partial charge in [0.1, 0.15) is 5.82 Å². The van der Waals surface area contributed by atoms with E-state index in [0.29, 0.717) is 17.4 Å². The highest BCUT2D eigenvalue weighted by Crippen LogP contribution is 2.31. The van der Waals surface area contributed by atoms with Crippen molar-refractivity contribution in [3.05, 3.63) is 40.5 Å². The van der Waals surface area contributed by atoms with Crippen LogP contribution in [0.2, 0.25) is 5.02 Å². The maximum Gasteiger partial charge on any atom is 0.327 e. The van der Waals surface area contributed by atoms with Crippen LogP contribution in [0.3, 0.4) is 0 Å². The molecule has 0 aliphatic carbocycles. The van der Waals surface area contributed by atoms with Crippen LogP contribution in [0, 0.1) is 6.92 Å². The number of nitrogens with zero attached hydrogens (tertiary/aromatic N) is 3. The summed E-state index contributed by atoms with van der Waals surface area (Å²) in [5, 5.41) is 8.10. The van der Waals surface area contributed by atoms with E-state index in [-0.39, 0.29) is 11.6 Å². The van der Waals surface area contributed by atoms with Crippen LogP contribution in [-0.4, -0.2) is 22.4 Å². The van der Waals surface area contributed by atoms with Gasteiger partial charge in [0, 0.05) is 17.6 Å². The van der Waals surface area contributed by atoms with Crippen molar-refractivity contribution in [2.45, 2.75) is 39.7 Å². The maximum atomic E-state index is 12.7. The third kappa shape index (κ3) is 3.06. The molecular weight excluding hydrogens is 312 g/mol. The van der Waals surface area contributed by atoms with Crippen molar-refractivity contribution in [3.63, 3.8) is 0 Å². The van der Waals surface area contributed by atoms with Crippen molar-refractivity contribution in [3.8, 4) is 0 Å². The number of anilines is 2. The lowest BCUT2D eigenvalue weighted by Crippen LogP contribution is -2.35. The molecule has 0 saturated heterocycles. The number of benzene rings is 1. The molecule has 0 radical (unpaired) electrons. The van der Waals surface area contributed by atoms with Gasteiger partial charge in [0.25, 0.3) is 0 Å². The van der Waals surface area contributed by atoms with Gasteiger partial charge in [0.15, 0.2) is 0 Å². The van der Waals surface area contributed by atoms with Crippen LogP contribution in [-0.2, 0) is 12.0 Å². The van der Waals surface area contributed by atoms with E-state index >= 15 is 0 Å². The summed E-state index contributed by atoms with van der Waals surface area (Å²) in [4.78, 5) is 14.4. The van der Waals surface area contributed by atoms with Gasteiger partial charge in [-0.25, -0.2) is 9.48 Å². The van der Waals surface area contributed by atoms with Gasteiger partial charge >= 0.3 is 6.03 Å². The highest BCUT2D eigenvalue weighted by molar-refractivity contribution is 6.31. The molecule has 0 atom stereocenters. The number of nitrogens with one attached hydrogen (secondary N) is 1. The van der Waals surface area contributed by atoms with E-state index in [1.165, 1.54) is 0 Å². The van der Waals surface area contributed by atoms with Crippen molar-refractivity contribution < 1.29 is 4.79 Å². The predicted molar refractivity (Wildman–Crippen MR) is 93.5 cm³/mol. The largest absolute Gasteiger partial charge is 0.327 e. The van der Waals surface area contributed by atoms with Crippen LogP contribution < -0.4 is 10.2 Å². The zero-order valence-electron chi connectivity index (χ0n) is 13.9. The van der Waals surface area contributed by atoms with Crippen molar-refractivity contribution in [2.75, 3.05) is 16.8 Å². The first-order valence-electron chi connectivity index (χ1n) is 7.70. The van der Waals surface area contributed by atoms with E-state index in [0.717, 1.165) is 23.4 Å². The fourth-order valence-electron chi connectivity index (χ4n) is 2.84. The molecule has 2 amide bonds. The quantitative estimate of drug-likeness (QED) is 0.851. The molecule has 0 spiro atoms. The number of halogens is 1. The first-order chi connectivity index (χ1) is 10.8. The summed E-state index contributed by atoms with van der Waals surface area (Å²) in [6.07, 6.45) is 0.845. The number of aromatic nitrogens is 2. The molecule has 6 heteroatoms. The van der Waals surface area contributed by atoms with Crippen molar-refractivity contribution >= 4 is 29.1 Å². The molecule has 122 valence electrons. The summed E-state index contributed by atoms with van der Waals surface area (Å²) < 4.78 is 1.84. The van der Waals surface area contributed by atoms with E-state index in [1.54, 1.807) is 4.90 Å². The standard InChI is InChI=1S/C17H21ClN4O/c1-11-9-15(22(20-11)17(2,3)4)19-16(23)21-8-7-12-5-6-13(18)10-14(12)21/h5-6,9-10H,7-8H2,1-4H3,(H,19,23). The summed E-state index contributed by atoms with van der Waals surface area (Å²) in [5.74, 6) is 0.704. The zero-order valence-corrected chi connectivity index (χ0v) is 14.6. The minimum Gasteiger partial charge on any atom is -0.294 e. The van der Waals surface area contributed by atoms with Gasteiger partial charge < -0.3 is 0 Å². The Kier molecular flexibility index (Phi) is 3.84. The molecule has 1 aliphatic rings. The van der Waals surface area contributed by atoms with E-state index in [4.69, 9.17) is 11.6 Å². The number of fused-ring (bicyclic) bond motifs is 1. The zero-order chi connectivity index (χ0) is 16.8. The predicted octanol–water partition coefficient (Wildman–Crippen LogP) is 4.19. The average molecular weight is 333 g/mol. The van der Waals surface area contributed by atoms with Crippen LogP contribution >= 0.6 is 11.6 Å². The number of amides is 2. The lowest BCUT2D eigenvalue weighted by atomic mass is 10.1. The highest BCUT2D eigenvalue weighted by atomic mass is 35.5. The van der Waals surface area contributed by atoms with Gasteiger partial charge in [-0.05, 0) is 51.8 Å². The Morgan fingerprint density at radius 1 is 1.30 bits per heavy atom. The Bertz CT molecular complexity index is 760. The second-order valence-electron chi connectivity index (χ2n) is 6.86. The molecule has 1 N–H and O–H groups in total. The number of urea groups is 1. The Balaban J connectivity index is 1.86. The Morgan fingerprint density at radius 2 is 2.04 bits per heavy atom. The van der Waals surface area contributed by atoms with Crippen molar-refractivity contribution in [1.82, 2.24) is 9.78 Å². The average Bonchev–Trinajstić information content (AvgIpc) is 3.01. The summed E-state index contributed by atoms with van der Waals surface area (Å²) in [6.45, 7) is 8.74. The Morgan fingerprint density at radius 3 is 2.74 bits per heavy atom. The minimum atomic E-state index is -0.205. The van der Waals surface area contributed by atoms with Gasteiger partial charge in [-0.3, -0.25) is 10.2 Å². The Hall–Kier alpha value is -2.01. The molecule has 5 nitrogen and oxygen atoms in total. The monoisotopic (exact) mass is 332 g/mol. The minimum absolute atomic E-state index is 0.156. The first-order valence-corrected chi connectivity index (χ1v) is 8.07. The SMILES string of the molecule is Cc1cc(NC(=O)N2CCc3ccc(Cl)cc32)n(C(C)(C)C)n1. The van der Waals surface area contributed by atoms with Gasteiger partial charge in [0.2, 0.25) is 0 Å². The molecule has 1 aromatic heterocycles. The summed E-state index contributed by atoms with van der Waals surface area (Å²) >= 11 is 6.07. The number of rotatable bonds is 1. The van der Waals surface area contributed by atoms with E-state index in [9.17, 15) is 4.79 Å². The van der Waals surface area contributed by atoms with E-state index < -0.39 is 0 Å². The van der Waals surface area contributed by atoms with Gasteiger partial charge in [-0.2, -0.15) is 5.10 Å². The van der Waals surface area contributed by atoms with Crippen LogP contribution in [0.15, 0.2) is 24.3 Å². The number of carbonyl (C=O) groups is 1. The number of carbonyl (C=O) groups excluding carboxylic acids is 1. The molecule has 0 bridgehead atoms. The van der Waals surface area contributed by atoms with Crippen LogP contribution in [0.5, 0.6) is 0 Å². The maximum absolute atomic E-state index is 12.7. The van der Waals surface area contributed by atoms with E-state index in [1.807, 2.05) is 35.9 Å². The summed E-state index contributed by atoms with van der Waals surface area (Å²) in [6, 6.07) is 7.42. The van der Waals surface area contributed by atoms with Crippen LogP contribution in [0.4, 0.5) is 16.3 Å². The molecule has 23 heavy (non-hydrogen) atoms. The van der Waals surface area contributed by atoms with Crippen molar-refractivity contribution in [2.24, 2.45) is 0 Å². The van der Waals surface area contributed by atoms with Gasteiger partial charge in [-0.1, -0.05) is 17.7 Å². The molecule has 2 heterocycles. The van der Waals surface area contributed by atoms with Crippen molar-refractivity contribution in [1.29, 1.82) is 0 Å². The molecule has 0 fully saturated rings. The third-order valence-corrected chi connectivity index (χ3v) is 4.13. The smallest absolute Gasteiger partial charge is 0.294 e. The van der Waals surface area contributed by atoms with Crippen LogP contribution in [0.25, 0.3) is 0 Å².